The molecule has 27 heavy (non-hydrogen) atoms. The quantitative estimate of drug-likeness (QED) is 0.846. The zero-order valence-corrected chi connectivity index (χ0v) is 15.7. The average molecular weight is 370 g/mol. The first-order valence-corrected chi connectivity index (χ1v) is 10.1. The Morgan fingerprint density at radius 1 is 1.15 bits per heavy atom. The Morgan fingerprint density at radius 2 is 1.96 bits per heavy atom. The topological polar surface area (TPSA) is 99.7 Å². The highest BCUT2D eigenvalue weighted by Gasteiger charge is 2.47. The van der Waals surface area contributed by atoms with E-state index in [9.17, 15) is 9.59 Å². The highest BCUT2D eigenvalue weighted by Crippen LogP contribution is 2.50. The van der Waals surface area contributed by atoms with E-state index < -0.39 is 0 Å². The van der Waals surface area contributed by atoms with Crippen LogP contribution in [0.15, 0.2) is 4.79 Å². The molecule has 2 N–H and O–H groups in total. The van der Waals surface area contributed by atoms with Gasteiger partial charge in [-0.3, -0.25) is 14.5 Å². The van der Waals surface area contributed by atoms with Crippen LogP contribution < -0.4 is 5.69 Å². The van der Waals surface area contributed by atoms with Gasteiger partial charge in [0.2, 0.25) is 5.91 Å². The molecule has 8 heteroatoms. The molecule has 3 aliphatic rings. The Hall–Kier alpha value is -2.38. The van der Waals surface area contributed by atoms with E-state index in [1.165, 1.54) is 36.9 Å². The zero-order valence-electron chi connectivity index (χ0n) is 15.7. The number of amides is 1. The van der Waals surface area contributed by atoms with Crippen LogP contribution in [0.2, 0.25) is 0 Å². The molecule has 2 aliphatic carbocycles. The number of likely N-dealkylation sites (tertiary alicyclic amines) is 1. The molecule has 3 heterocycles. The Bertz CT molecular complexity index is 921. The van der Waals surface area contributed by atoms with Gasteiger partial charge in [-0.1, -0.05) is 0 Å². The van der Waals surface area contributed by atoms with Crippen molar-refractivity contribution in [2.75, 3.05) is 6.54 Å². The van der Waals surface area contributed by atoms with Crippen LogP contribution in [0.4, 0.5) is 0 Å². The molecular formula is C19H26N6O2. The summed E-state index contributed by atoms with van der Waals surface area (Å²) in [7, 11) is 1.73. The van der Waals surface area contributed by atoms with Crippen molar-refractivity contribution in [1.82, 2.24) is 29.9 Å². The van der Waals surface area contributed by atoms with Gasteiger partial charge in [-0.25, -0.2) is 9.89 Å². The molecule has 0 radical (unpaired) electrons. The molecule has 2 atom stereocenters. The molecule has 144 valence electrons. The van der Waals surface area contributed by atoms with Crippen molar-refractivity contribution in [3.05, 3.63) is 33.3 Å². The van der Waals surface area contributed by atoms with Gasteiger partial charge >= 0.3 is 5.69 Å². The minimum atomic E-state index is -0.222. The van der Waals surface area contributed by atoms with Gasteiger partial charge in [0.1, 0.15) is 0 Å². The van der Waals surface area contributed by atoms with Crippen LogP contribution in [0.5, 0.6) is 0 Å². The van der Waals surface area contributed by atoms with Crippen molar-refractivity contribution in [1.29, 1.82) is 0 Å². The maximum absolute atomic E-state index is 13.2. The number of fused-ring (bicyclic) bond motifs is 1. The number of hydrogen-bond acceptors (Lipinski definition) is 4. The van der Waals surface area contributed by atoms with Crippen LogP contribution >= 0.6 is 0 Å². The second-order valence-electron chi connectivity index (χ2n) is 8.28. The first-order valence-electron chi connectivity index (χ1n) is 10.1. The van der Waals surface area contributed by atoms with E-state index in [2.05, 4.69) is 20.4 Å². The number of nitrogens with one attached hydrogen (secondary N) is 2. The average Bonchev–Trinajstić information content (AvgIpc) is 3.17. The highest BCUT2D eigenvalue weighted by molar-refractivity contribution is 5.79. The summed E-state index contributed by atoms with van der Waals surface area (Å²) in [6.45, 7) is 0.734. The van der Waals surface area contributed by atoms with E-state index >= 15 is 0 Å². The number of aromatic nitrogens is 5. The van der Waals surface area contributed by atoms with Crippen molar-refractivity contribution in [3.8, 4) is 0 Å². The summed E-state index contributed by atoms with van der Waals surface area (Å²) >= 11 is 0. The molecule has 0 bridgehead atoms. The molecular weight excluding hydrogens is 344 g/mol. The molecule has 5 rings (SSSR count). The van der Waals surface area contributed by atoms with Gasteiger partial charge in [0, 0.05) is 19.3 Å². The first kappa shape index (κ1) is 16.8. The van der Waals surface area contributed by atoms with Crippen LogP contribution in [0.25, 0.3) is 0 Å². The van der Waals surface area contributed by atoms with Crippen molar-refractivity contribution in [2.45, 2.75) is 57.4 Å². The minimum Gasteiger partial charge on any atom is -0.332 e. The number of aryl methyl sites for hydroxylation is 1. The largest absolute Gasteiger partial charge is 0.343 e. The number of carbonyl (C=O) groups is 1. The summed E-state index contributed by atoms with van der Waals surface area (Å²) in [5, 5.41) is 14.4. The van der Waals surface area contributed by atoms with Gasteiger partial charge < -0.3 is 4.90 Å². The number of hydrogen-bond donors (Lipinski definition) is 2. The summed E-state index contributed by atoms with van der Waals surface area (Å²) in [4.78, 5) is 27.1. The fourth-order valence-electron chi connectivity index (χ4n) is 5.01. The summed E-state index contributed by atoms with van der Waals surface area (Å²) in [6, 6.07) is -0.108. The fourth-order valence-corrected chi connectivity index (χ4v) is 5.01. The number of H-pyrrole nitrogens is 2. The lowest BCUT2D eigenvalue weighted by molar-refractivity contribution is -0.132. The number of nitrogens with zero attached hydrogens (tertiary/aromatic N) is 4. The maximum Gasteiger partial charge on any atom is 0.343 e. The summed E-state index contributed by atoms with van der Waals surface area (Å²) in [5.41, 5.74) is 3.13. The molecule has 1 saturated heterocycles. The van der Waals surface area contributed by atoms with E-state index in [1.807, 2.05) is 4.90 Å². The standard InChI is InChI=1S/C19H26N6O2/c1-24-18(22-23-19(24)27)17-12(11-6-7-11)8-9-25(17)16(26)10-15-13-4-2-3-5-14(13)20-21-15/h11-12,17H,2-10H2,1H3,(H,20,21)(H,23,27). The molecule has 0 spiro atoms. The van der Waals surface area contributed by atoms with E-state index in [-0.39, 0.29) is 17.6 Å². The van der Waals surface area contributed by atoms with E-state index in [0.717, 1.165) is 31.5 Å². The fraction of sp³-hybridized carbons (Fsp3) is 0.684. The number of rotatable bonds is 4. The molecule has 2 aromatic heterocycles. The van der Waals surface area contributed by atoms with Gasteiger partial charge in [-0.15, -0.1) is 0 Å². The predicted molar refractivity (Wildman–Crippen MR) is 98.0 cm³/mol. The Labute approximate surface area is 157 Å². The van der Waals surface area contributed by atoms with Crippen LogP contribution in [0.3, 0.4) is 0 Å². The summed E-state index contributed by atoms with van der Waals surface area (Å²) in [5.74, 6) is 1.83. The molecule has 2 aromatic rings. The third kappa shape index (κ3) is 2.82. The molecule has 2 unspecified atom stereocenters. The predicted octanol–water partition coefficient (Wildman–Crippen LogP) is 1.25. The van der Waals surface area contributed by atoms with Gasteiger partial charge in [0.05, 0.1) is 18.2 Å². The second-order valence-corrected chi connectivity index (χ2v) is 8.28. The molecule has 8 nitrogen and oxygen atoms in total. The third-order valence-electron chi connectivity index (χ3n) is 6.63. The number of carbonyl (C=O) groups excluding carboxylic acids is 1. The highest BCUT2D eigenvalue weighted by atomic mass is 16.2. The third-order valence-corrected chi connectivity index (χ3v) is 6.63. The van der Waals surface area contributed by atoms with Gasteiger partial charge in [-0.2, -0.15) is 10.2 Å². The number of aromatic amines is 2. The second kappa shape index (κ2) is 6.35. The van der Waals surface area contributed by atoms with Crippen LogP contribution in [-0.2, 0) is 31.1 Å². The lowest BCUT2D eigenvalue weighted by Crippen LogP contribution is -2.36. The van der Waals surface area contributed by atoms with Gasteiger partial charge in [0.15, 0.2) is 5.82 Å². The molecule has 2 fully saturated rings. The van der Waals surface area contributed by atoms with Crippen molar-refractivity contribution in [3.63, 3.8) is 0 Å². The molecule has 1 amide bonds. The van der Waals surface area contributed by atoms with E-state index in [4.69, 9.17) is 0 Å². The molecule has 1 aliphatic heterocycles. The monoisotopic (exact) mass is 370 g/mol. The SMILES string of the molecule is Cn1c(C2C(C3CC3)CCN2C(=O)Cc2n[nH]c3c2CCCC3)n[nH]c1=O. The van der Waals surface area contributed by atoms with Crippen molar-refractivity contribution < 1.29 is 4.79 Å². The van der Waals surface area contributed by atoms with Gasteiger partial charge in [0.25, 0.3) is 0 Å². The van der Waals surface area contributed by atoms with Gasteiger partial charge in [-0.05, 0) is 62.3 Å². The lowest BCUT2D eigenvalue weighted by Gasteiger charge is -2.27. The van der Waals surface area contributed by atoms with Crippen LogP contribution in [0, 0.1) is 11.8 Å². The van der Waals surface area contributed by atoms with Crippen LogP contribution in [0.1, 0.15) is 60.9 Å². The summed E-state index contributed by atoms with van der Waals surface area (Å²) < 4.78 is 1.56. The molecule has 0 aromatic carbocycles. The maximum atomic E-state index is 13.2. The zero-order chi connectivity index (χ0) is 18.5. The normalized spacial score (nSPS) is 25.0. The molecule has 1 saturated carbocycles. The van der Waals surface area contributed by atoms with Crippen molar-refractivity contribution in [2.24, 2.45) is 18.9 Å². The van der Waals surface area contributed by atoms with Crippen LogP contribution in [-0.4, -0.2) is 42.3 Å². The lowest BCUT2D eigenvalue weighted by atomic mass is 9.93. The Morgan fingerprint density at radius 3 is 2.70 bits per heavy atom. The summed E-state index contributed by atoms with van der Waals surface area (Å²) in [6.07, 6.45) is 8.15. The smallest absolute Gasteiger partial charge is 0.332 e. The van der Waals surface area contributed by atoms with E-state index in [1.54, 1.807) is 11.6 Å². The van der Waals surface area contributed by atoms with E-state index in [0.29, 0.717) is 24.1 Å². The Balaban J connectivity index is 1.42. The Kier molecular flexibility index (Phi) is 3.94. The minimum absolute atomic E-state index is 0.0958. The first-order chi connectivity index (χ1) is 13.1. The van der Waals surface area contributed by atoms with Crippen molar-refractivity contribution >= 4 is 5.91 Å².